The summed E-state index contributed by atoms with van der Waals surface area (Å²) in [4.78, 5) is 24.5. The molecule has 0 bridgehead atoms. The lowest BCUT2D eigenvalue weighted by atomic mass is 10.2. The molecule has 0 fully saturated rings. The number of aryl methyl sites for hydroxylation is 1. The van der Waals surface area contributed by atoms with E-state index in [0.717, 1.165) is 11.3 Å². The van der Waals surface area contributed by atoms with Crippen LogP contribution in [0.15, 0.2) is 24.3 Å². The molecule has 0 aromatic heterocycles. The van der Waals surface area contributed by atoms with Crippen molar-refractivity contribution in [1.82, 2.24) is 5.32 Å². The van der Waals surface area contributed by atoms with Gasteiger partial charge in [0.1, 0.15) is 0 Å². The standard InChI is InChI=1S/C15H22N2O4/c1-4-17(12-7-5-6-11(2)8-12)15(20)16-10-13(21-3)9-14(18)19/h5-8,13H,4,9-10H2,1-3H3,(H,16,20)(H,18,19). The zero-order valence-corrected chi connectivity index (χ0v) is 12.6. The van der Waals surface area contributed by atoms with Crippen LogP contribution in [-0.2, 0) is 9.53 Å². The SMILES string of the molecule is CCN(C(=O)NCC(CC(=O)O)OC)c1cccc(C)c1. The van der Waals surface area contributed by atoms with E-state index in [1.807, 2.05) is 38.1 Å². The van der Waals surface area contributed by atoms with E-state index in [0.29, 0.717) is 6.54 Å². The van der Waals surface area contributed by atoms with E-state index in [2.05, 4.69) is 5.32 Å². The minimum absolute atomic E-state index is 0.145. The van der Waals surface area contributed by atoms with Crippen LogP contribution >= 0.6 is 0 Å². The normalized spacial score (nSPS) is 11.8. The zero-order valence-electron chi connectivity index (χ0n) is 12.6. The van der Waals surface area contributed by atoms with Crippen LogP contribution in [0.4, 0.5) is 10.5 Å². The highest BCUT2D eigenvalue weighted by molar-refractivity contribution is 5.92. The number of carboxylic acids is 1. The topological polar surface area (TPSA) is 78.9 Å². The van der Waals surface area contributed by atoms with Gasteiger partial charge in [-0.15, -0.1) is 0 Å². The lowest BCUT2D eigenvalue weighted by Crippen LogP contribution is -2.43. The average molecular weight is 294 g/mol. The van der Waals surface area contributed by atoms with Gasteiger partial charge in [-0.3, -0.25) is 9.69 Å². The van der Waals surface area contributed by atoms with Crippen molar-refractivity contribution in [2.75, 3.05) is 25.1 Å². The van der Waals surface area contributed by atoms with E-state index in [1.165, 1.54) is 7.11 Å². The van der Waals surface area contributed by atoms with Crippen LogP contribution in [0.25, 0.3) is 0 Å². The third kappa shape index (κ3) is 5.43. The van der Waals surface area contributed by atoms with Crippen molar-refractivity contribution in [3.8, 4) is 0 Å². The first kappa shape index (κ1) is 17.0. The first-order valence-electron chi connectivity index (χ1n) is 6.84. The van der Waals surface area contributed by atoms with Crippen molar-refractivity contribution in [2.24, 2.45) is 0 Å². The lowest BCUT2D eigenvalue weighted by molar-refractivity contribution is -0.139. The van der Waals surface area contributed by atoms with E-state index in [9.17, 15) is 9.59 Å². The van der Waals surface area contributed by atoms with E-state index < -0.39 is 12.1 Å². The summed E-state index contributed by atoms with van der Waals surface area (Å²) in [6.07, 6.45) is -0.685. The summed E-state index contributed by atoms with van der Waals surface area (Å²) in [5.41, 5.74) is 1.88. The van der Waals surface area contributed by atoms with Gasteiger partial charge in [0.2, 0.25) is 0 Å². The summed E-state index contributed by atoms with van der Waals surface area (Å²) in [7, 11) is 1.43. The minimum Gasteiger partial charge on any atom is -0.481 e. The summed E-state index contributed by atoms with van der Waals surface area (Å²) in [5, 5.41) is 11.4. The molecule has 0 aliphatic heterocycles. The number of amides is 2. The van der Waals surface area contributed by atoms with Crippen LogP contribution in [0.2, 0.25) is 0 Å². The maximum atomic E-state index is 12.2. The van der Waals surface area contributed by atoms with Gasteiger partial charge in [0, 0.05) is 25.9 Å². The second-order valence-corrected chi connectivity index (χ2v) is 4.72. The molecule has 6 heteroatoms. The van der Waals surface area contributed by atoms with Gasteiger partial charge < -0.3 is 15.2 Å². The number of ether oxygens (including phenoxy) is 1. The quantitative estimate of drug-likeness (QED) is 0.806. The Balaban J connectivity index is 2.65. The molecule has 0 aliphatic carbocycles. The fourth-order valence-corrected chi connectivity index (χ4v) is 1.97. The number of nitrogens with zero attached hydrogens (tertiary/aromatic N) is 1. The first-order chi connectivity index (χ1) is 9.97. The summed E-state index contributed by atoms with van der Waals surface area (Å²) in [6.45, 7) is 4.52. The number of aliphatic carboxylic acids is 1. The Labute approximate surface area is 124 Å². The molecule has 0 saturated heterocycles. The van der Waals surface area contributed by atoms with Crippen LogP contribution < -0.4 is 10.2 Å². The molecule has 1 aromatic rings. The smallest absolute Gasteiger partial charge is 0.321 e. The molecule has 116 valence electrons. The molecule has 21 heavy (non-hydrogen) atoms. The average Bonchev–Trinajstić information content (AvgIpc) is 2.44. The number of methoxy groups -OCH3 is 1. The van der Waals surface area contributed by atoms with Gasteiger partial charge in [0.15, 0.2) is 0 Å². The van der Waals surface area contributed by atoms with Crippen molar-refractivity contribution in [3.63, 3.8) is 0 Å². The first-order valence-corrected chi connectivity index (χ1v) is 6.84. The van der Waals surface area contributed by atoms with Gasteiger partial charge in [0.25, 0.3) is 0 Å². The number of carbonyl (C=O) groups excluding carboxylic acids is 1. The maximum absolute atomic E-state index is 12.2. The Bertz CT molecular complexity index is 490. The number of urea groups is 1. The fraction of sp³-hybridized carbons (Fsp3) is 0.467. The third-order valence-electron chi connectivity index (χ3n) is 3.09. The van der Waals surface area contributed by atoms with Crippen molar-refractivity contribution in [2.45, 2.75) is 26.4 Å². The van der Waals surface area contributed by atoms with Crippen LogP contribution in [0.3, 0.4) is 0 Å². The second-order valence-electron chi connectivity index (χ2n) is 4.72. The van der Waals surface area contributed by atoms with Crippen LogP contribution in [-0.4, -0.2) is 43.4 Å². The Morgan fingerprint density at radius 1 is 1.43 bits per heavy atom. The van der Waals surface area contributed by atoms with E-state index in [-0.39, 0.29) is 19.0 Å². The minimum atomic E-state index is -0.956. The van der Waals surface area contributed by atoms with Gasteiger partial charge in [-0.2, -0.15) is 0 Å². The number of anilines is 1. The highest BCUT2D eigenvalue weighted by Gasteiger charge is 2.17. The number of rotatable bonds is 7. The molecule has 2 N–H and O–H groups in total. The highest BCUT2D eigenvalue weighted by Crippen LogP contribution is 2.15. The van der Waals surface area contributed by atoms with Gasteiger partial charge >= 0.3 is 12.0 Å². The summed E-state index contributed by atoms with van der Waals surface area (Å²) < 4.78 is 5.04. The number of carboxylic acid groups (broad SMARTS) is 1. The third-order valence-corrected chi connectivity index (χ3v) is 3.09. The molecular weight excluding hydrogens is 272 g/mol. The number of hydrogen-bond acceptors (Lipinski definition) is 3. The number of benzene rings is 1. The van der Waals surface area contributed by atoms with E-state index in [4.69, 9.17) is 9.84 Å². The van der Waals surface area contributed by atoms with Gasteiger partial charge in [-0.05, 0) is 31.5 Å². The molecule has 1 atom stereocenters. The van der Waals surface area contributed by atoms with Crippen molar-refractivity contribution in [1.29, 1.82) is 0 Å². The fourth-order valence-electron chi connectivity index (χ4n) is 1.97. The number of carbonyl (C=O) groups is 2. The Morgan fingerprint density at radius 2 is 2.14 bits per heavy atom. The Morgan fingerprint density at radius 3 is 2.67 bits per heavy atom. The van der Waals surface area contributed by atoms with Gasteiger partial charge in [0.05, 0.1) is 12.5 Å². The number of hydrogen-bond donors (Lipinski definition) is 2. The molecule has 0 aliphatic rings. The Hall–Kier alpha value is -2.08. The molecule has 1 unspecified atom stereocenters. The predicted octanol–water partition coefficient (Wildman–Crippen LogP) is 2.02. The van der Waals surface area contributed by atoms with Gasteiger partial charge in [-0.1, -0.05) is 12.1 Å². The monoisotopic (exact) mass is 294 g/mol. The maximum Gasteiger partial charge on any atom is 0.321 e. The molecule has 1 aromatic carbocycles. The molecule has 2 amide bonds. The Kier molecular flexibility index (Phi) is 6.68. The number of nitrogens with one attached hydrogen (secondary N) is 1. The van der Waals surface area contributed by atoms with Crippen LogP contribution in [0.5, 0.6) is 0 Å². The molecular formula is C15H22N2O4. The summed E-state index contributed by atoms with van der Waals surface area (Å²) in [5.74, 6) is -0.956. The second kappa shape index (κ2) is 8.26. The highest BCUT2D eigenvalue weighted by atomic mass is 16.5. The molecule has 0 spiro atoms. The predicted molar refractivity (Wildman–Crippen MR) is 80.6 cm³/mol. The molecule has 1 rings (SSSR count). The van der Waals surface area contributed by atoms with Crippen molar-refractivity contribution < 1.29 is 19.4 Å². The van der Waals surface area contributed by atoms with Gasteiger partial charge in [-0.25, -0.2) is 4.79 Å². The zero-order chi connectivity index (χ0) is 15.8. The van der Waals surface area contributed by atoms with E-state index >= 15 is 0 Å². The summed E-state index contributed by atoms with van der Waals surface area (Å²) in [6, 6.07) is 7.37. The lowest BCUT2D eigenvalue weighted by Gasteiger charge is -2.23. The molecule has 0 heterocycles. The molecule has 0 saturated carbocycles. The van der Waals surface area contributed by atoms with E-state index in [1.54, 1.807) is 4.90 Å². The van der Waals surface area contributed by atoms with Crippen molar-refractivity contribution >= 4 is 17.7 Å². The largest absolute Gasteiger partial charge is 0.481 e. The molecule has 0 radical (unpaired) electrons. The van der Waals surface area contributed by atoms with Crippen molar-refractivity contribution in [3.05, 3.63) is 29.8 Å². The summed E-state index contributed by atoms with van der Waals surface area (Å²) >= 11 is 0. The van der Waals surface area contributed by atoms with Crippen LogP contribution in [0, 0.1) is 6.92 Å². The molecule has 6 nitrogen and oxygen atoms in total. The van der Waals surface area contributed by atoms with Crippen LogP contribution in [0.1, 0.15) is 18.9 Å².